The van der Waals surface area contributed by atoms with Crippen molar-refractivity contribution in [1.29, 1.82) is 0 Å². The van der Waals surface area contributed by atoms with E-state index in [4.69, 9.17) is 4.52 Å². The summed E-state index contributed by atoms with van der Waals surface area (Å²) in [6, 6.07) is 16.3. The van der Waals surface area contributed by atoms with Gasteiger partial charge in [-0.15, -0.1) is 0 Å². The first-order chi connectivity index (χ1) is 10.6. The van der Waals surface area contributed by atoms with Crippen molar-refractivity contribution < 1.29 is 18.7 Å². The van der Waals surface area contributed by atoms with Gasteiger partial charge in [0.05, 0.1) is 11.9 Å². The van der Waals surface area contributed by atoms with E-state index in [1.807, 2.05) is 36.4 Å². The second kappa shape index (κ2) is 5.97. The maximum atomic E-state index is 12.5. The zero-order valence-electron chi connectivity index (χ0n) is 12.0. The lowest BCUT2D eigenvalue weighted by molar-refractivity contribution is -0.727. The number of nitrogens with zero attached hydrogens (tertiary/aromatic N) is 2. The zero-order chi connectivity index (χ0) is 15.6. The molecule has 6 heteroatoms. The normalized spacial score (nSPS) is 13.9. The fourth-order valence-corrected chi connectivity index (χ4v) is 3.50. The molecule has 0 saturated carbocycles. The Bertz CT molecular complexity index is 852. The Morgan fingerprint density at radius 3 is 2.59 bits per heavy atom. The molecule has 0 radical (unpaired) electrons. The molecule has 1 atom stereocenters. The van der Waals surface area contributed by atoms with Gasteiger partial charge in [0.1, 0.15) is 5.52 Å². The Kier molecular flexibility index (Phi) is 4.03. The van der Waals surface area contributed by atoms with Crippen LogP contribution in [0.4, 0.5) is 0 Å². The fraction of sp³-hybridized carbons (Fsp3) is 0.125. The summed E-state index contributed by atoms with van der Waals surface area (Å²) in [5.41, 5.74) is 1.42. The van der Waals surface area contributed by atoms with Crippen LogP contribution in [0.15, 0.2) is 60.8 Å². The average molecular weight is 314 g/mol. The molecule has 3 rings (SSSR count). The average Bonchev–Trinajstić information content (AvgIpc) is 2.53. The van der Waals surface area contributed by atoms with Crippen LogP contribution >= 0.6 is 7.60 Å². The number of aryl methyl sites for hydroxylation is 1. The van der Waals surface area contributed by atoms with E-state index >= 15 is 0 Å². The van der Waals surface area contributed by atoms with E-state index in [1.165, 1.54) is 10.9 Å². The molecule has 0 spiro atoms. The molecule has 0 aliphatic carbocycles. The van der Waals surface area contributed by atoms with Gasteiger partial charge in [-0.25, -0.2) is 0 Å². The predicted octanol–water partition coefficient (Wildman–Crippen LogP) is 1.45. The minimum atomic E-state index is -4.19. The van der Waals surface area contributed by atoms with Gasteiger partial charge in [-0.2, -0.15) is 0 Å². The molecule has 0 aliphatic rings. The summed E-state index contributed by atoms with van der Waals surface area (Å²) in [7, 11) is -2.51. The number of fused-ring (bicyclic) bond motifs is 1. The Morgan fingerprint density at radius 1 is 1.14 bits per heavy atom. The highest BCUT2D eigenvalue weighted by Crippen LogP contribution is 2.38. The SMILES string of the molecule is C[n+]1cc(P(=O)([O-])OCc2ccccc2)c2ccccc2n1. The number of benzene rings is 2. The summed E-state index contributed by atoms with van der Waals surface area (Å²) in [6.45, 7) is 0.0159. The second-order valence-corrected chi connectivity index (χ2v) is 6.70. The number of aromatic nitrogens is 2. The summed E-state index contributed by atoms with van der Waals surface area (Å²) in [5.74, 6) is 0. The molecule has 3 aromatic rings. The standard InChI is InChI=1S/C16H15N2O3P/c1-18-11-16(14-9-5-6-10-15(14)17-18)22(19,20)21-12-13-7-3-2-4-8-13/h2-11H,12H2,1H3. The van der Waals surface area contributed by atoms with Crippen LogP contribution in [0.25, 0.3) is 10.9 Å². The van der Waals surface area contributed by atoms with Crippen molar-refractivity contribution in [3.05, 3.63) is 66.4 Å². The molecule has 0 N–H and O–H groups in total. The number of hydrogen-bond acceptors (Lipinski definition) is 4. The van der Waals surface area contributed by atoms with Crippen LogP contribution < -0.4 is 14.9 Å². The summed E-state index contributed by atoms with van der Waals surface area (Å²) < 4.78 is 19.2. The molecule has 1 aromatic heterocycles. The summed E-state index contributed by atoms with van der Waals surface area (Å²) in [4.78, 5) is 12.5. The van der Waals surface area contributed by atoms with Crippen LogP contribution in [0, 0.1) is 0 Å². The van der Waals surface area contributed by atoms with Gasteiger partial charge in [-0.05, 0) is 16.7 Å². The summed E-state index contributed by atoms with van der Waals surface area (Å²) in [5, 5.41) is 4.98. The highest BCUT2D eigenvalue weighted by Gasteiger charge is 2.21. The van der Waals surface area contributed by atoms with Crippen LogP contribution in [0.3, 0.4) is 0 Å². The van der Waals surface area contributed by atoms with Crippen molar-refractivity contribution in [3.8, 4) is 0 Å². The first kappa shape index (κ1) is 14.9. The topological polar surface area (TPSA) is 66.1 Å². The first-order valence-corrected chi connectivity index (χ1v) is 8.36. The number of rotatable bonds is 4. The third-order valence-corrected chi connectivity index (χ3v) is 4.71. The smallest absolute Gasteiger partial charge is 0.208 e. The molecule has 0 saturated heterocycles. The highest BCUT2D eigenvalue weighted by atomic mass is 31.2. The van der Waals surface area contributed by atoms with E-state index in [1.54, 1.807) is 25.2 Å². The Morgan fingerprint density at radius 2 is 1.82 bits per heavy atom. The molecule has 0 fully saturated rings. The molecule has 0 amide bonds. The Labute approximate surface area is 128 Å². The van der Waals surface area contributed by atoms with Gasteiger partial charge in [0.15, 0.2) is 14.6 Å². The quantitative estimate of drug-likeness (QED) is 0.540. The van der Waals surface area contributed by atoms with Crippen molar-refractivity contribution in [2.75, 3.05) is 0 Å². The molecule has 5 nitrogen and oxygen atoms in total. The molecule has 1 unspecified atom stereocenters. The summed E-state index contributed by atoms with van der Waals surface area (Å²) in [6.07, 6.45) is 1.47. The Balaban J connectivity index is 1.96. The molecule has 112 valence electrons. The largest absolute Gasteiger partial charge is 0.775 e. The van der Waals surface area contributed by atoms with Crippen molar-refractivity contribution in [1.82, 2.24) is 5.10 Å². The monoisotopic (exact) mass is 314 g/mol. The third-order valence-electron chi connectivity index (χ3n) is 3.29. The minimum Gasteiger partial charge on any atom is -0.775 e. The molecule has 1 heterocycles. The van der Waals surface area contributed by atoms with Crippen LogP contribution in [0.5, 0.6) is 0 Å². The van der Waals surface area contributed by atoms with E-state index in [-0.39, 0.29) is 11.9 Å². The van der Waals surface area contributed by atoms with Gasteiger partial charge < -0.3 is 14.0 Å². The number of hydrogen-bond donors (Lipinski definition) is 0. The van der Waals surface area contributed by atoms with Crippen LogP contribution in [-0.2, 0) is 22.7 Å². The predicted molar refractivity (Wildman–Crippen MR) is 81.4 cm³/mol. The molecule has 22 heavy (non-hydrogen) atoms. The van der Waals surface area contributed by atoms with Gasteiger partial charge in [0.2, 0.25) is 6.20 Å². The lowest BCUT2D eigenvalue weighted by Gasteiger charge is -2.23. The van der Waals surface area contributed by atoms with E-state index in [2.05, 4.69) is 5.10 Å². The first-order valence-electron chi connectivity index (χ1n) is 6.82. The maximum Gasteiger partial charge on any atom is 0.208 e. The van der Waals surface area contributed by atoms with E-state index in [0.29, 0.717) is 10.9 Å². The van der Waals surface area contributed by atoms with E-state index < -0.39 is 7.60 Å². The Hall–Kier alpha value is -2.07. The van der Waals surface area contributed by atoms with Gasteiger partial charge in [0, 0.05) is 5.39 Å². The van der Waals surface area contributed by atoms with Gasteiger partial charge in [-0.1, -0.05) is 53.2 Å². The van der Waals surface area contributed by atoms with Crippen molar-refractivity contribution in [2.24, 2.45) is 7.05 Å². The van der Waals surface area contributed by atoms with Crippen LogP contribution in [-0.4, -0.2) is 5.10 Å². The second-order valence-electron chi connectivity index (χ2n) is 4.96. The summed E-state index contributed by atoms with van der Waals surface area (Å²) >= 11 is 0. The third kappa shape index (κ3) is 3.07. The van der Waals surface area contributed by atoms with Gasteiger partial charge in [-0.3, -0.25) is 0 Å². The molecule has 0 aliphatic heterocycles. The zero-order valence-corrected chi connectivity index (χ0v) is 12.9. The van der Waals surface area contributed by atoms with E-state index in [0.717, 1.165) is 5.56 Å². The van der Waals surface area contributed by atoms with Gasteiger partial charge >= 0.3 is 0 Å². The maximum absolute atomic E-state index is 12.5. The van der Waals surface area contributed by atoms with Crippen molar-refractivity contribution >= 4 is 23.8 Å². The lowest BCUT2D eigenvalue weighted by Crippen LogP contribution is -2.38. The van der Waals surface area contributed by atoms with E-state index in [9.17, 15) is 9.46 Å². The molecule has 2 aromatic carbocycles. The van der Waals surface area contributed by atoms with Crippen LogP contribution in [0.1, 0.15) is 5.56 Å². The van der Waals surface area contributed by atoms with Crippen molar-refractivity contribution in [2.45, 2.75) is 6.61 Å². The highest BCUT2D eigenvalue weighted by molar-refractivity contribution is 7.60. The van der Waals surface area contributed by atoms with Crippen LogP contribution in [0.2, 0.25) is 0 Å². The molecular formula is C16H15N2O3P. The minimum absolute atomic E-state index is 0.0159. The lowest BCUT2D eigenvalue weighted by atomic mass is 10.2. The van der Waals surface area contributed by atoms with Crippen molar-refractivity contribution in [3.63, 3.8) is 0 Å². The fourth-order valence-electron chi connectivity index (χ4n) is 2.24. The molecular weight excluding hydrogens is 299 g/mol. The van der Waals surface area contributed by atoms with Gasteiger partial charge in [0.25, 0.3) is 0 Å². The molecule has 0 bridgehead atoms.